The minimum absolute atomic E-state index is 0.743. The quantitative estimate of drug-likeness (QED) is 0.911. The Morgan fingerprint density at radius 2 is 1.52 bits per heavy atom. The van der Waals surface area contributed by atoms with Crippen molar-refractivity contribution in [2.24, 2.45) is 0 Å². The SMILES string of the molecule is c1ccc(N2CCOCC2)c(Nc2cc(N3CCOCC3)ncn2)c1. The number of hydrogen-bond acceptors (Lipinski definition) is 7. The van der Waals surface area contributed by atoms with Crippen molar-refractivity contribution in [2.45, 2.75) is 0 Å². The van der Waals surface area contributed by atoms with Crippen LogP contribution >= 0.6 is 0 Å². The molecule has 1 aromatic carbocycles. The second-order valence-electron chi connectivity index (χ2n) is 6.10. The lowest BCUT2D eigenvalue weighted by molar-refractivity contribution is 0.122. The zero-order valence-corrected chi connectivity index (χ0v) is 14.2. The van der Waals surface area contributed by atoms with E-state index in [2.05, 4.69) is 43.3 Å². The van der Waals surface area contributed by atoms with Gasteiger partial charge in [-0.1, -0.05) is 12.1 Å². The average Bonchev–Trinajstić information content (AvgIpc) is 2.70. The van der Waals surface area contributed by atoms with Gasteiger partial charge >= 0.3 is 0 Å². The number of aromatic nitrogens is 2. The second-order valence-corrected chi connectivity index (χ2v) is 6.10. The van der Waals surface area contributed by atoms with Crippen molar-refractivity contribution in [3.05, 3.63) is 36.7 Å². The Kier molecular flexibility index (Phi) is 4.94. The molecular formula is C18H23N5O2. The van der Waals surface area contributed by atoms with Crippen LogP contribution in [-0.4, -0.2) is 62.6 Å². The number of nitrogens with zero attached hydrogens (tertiary/aromatic N) is 4. The molecule has 2 saturated heterocycles. The van der Waals surface area contributed by atoms with Gasteiger partial charge in [0.25, 0.3) is 0 Å². The predicted octanol–water partition coefficient (Wildman–Crippen LogP) is 1.89. The first-order chi connectivity index (χ1) is 12.4. The summed E-state index contributed by atoms with van der Waals surface area (Å²) >= 11 is 0. The highest BCUT2D eigenvalue weighted by Crippen LogP contribution is 2.29. The maximum Gasteiger partial charge on any atom is 0.135 e. The van der Waals surface area contributed by atoms with Gasteiger partial charge in [-0.15, -0.1) is 0 Å². The summed E-state index contributed by atoms with van der Waals surface area (Å²) in [6.45, 7) is 6.55. The number of hydrogen-bond donors (Lipinski definition) is 1. The molecule has 0 unspecified atom stereocenters. The Hall–Kier alpha value is -2.38. The average molecular weight is 341 g/mol. The van der Waals surface area contributed by atoms with E-state index in [1.54, 1.807) is 6.33 Å². The minimum atomic E-state index is 0.743. The molecule has 2 aromatic rings. The summed E-state index contributed by atoms with van der Waals surface area (Å²) in [6, 6.07) is 10.3. The Morgan fingerprint density at radius 1 is 0.840 bits per heavy atom. The summed E-state index contributed by atoms with van der Waals surface area (Å²) < 4.78 is 10.9. The molecule has 2 fully saturated rings. The van der Waals surface area contributed by atoms with Crippen molar-refractivity contribution in [3.8, 4) is 0 Å². The number of anilines is 4. The van der Waals surface area contributed by atoms with E-state index in [4.69, 9.17) is 9.47 Å². The number of rotatable bonds is 4. The highest BCUT2D eigenvalue weighted by molar-refractivity contribution is 5.74. The number of ether oxygens (including phenoxy) is 2. The fourth-order valence-corrected chi connectivity index (χ4v) is 3.18. The maximum atomic E-state index is 5.46. The first-order valence-corrected chi connectivity index (χ1v) is 8.74. The van der Waals surface area contributed by atoms with Gasteiger partial charge in [0.15, 0.2) is 0 Å². The molecule has 2 aliphatic heterocycles. The minimum Gasteiger partial charge on any atom is -0.378 e. The zero-order valence-electron chi connectivity index (χ0n) is 14.2. The molecule has 0 spiro atoms. The van der Waals surface area contributed by atoms with Crippen molar-refractivity contribution in [1.82, 2.24) is 9.97 Å². The third-order valence-corrected chi connectivity index (χ3v) is 4.51. The van der Waals surface area contributed by atoms with E-state index in [1.807, 2.05) is 12.1 Å². The van der Waals surface area contributed by atoms with Crippen LogP contribution in [-0.2, 0) is 9.47 Å². The highest BCUT2D eigenvalue weighted by Gasteiger charge is 2.16. The van der Waals surface area contributed by atoms with Crippen molar-refractivity contribution in [2.75, 3.05) is 67.7 Å². The van der Waals surface area contributed by atoms with Gasteiger partial charge in [0.2, 0.25) is 0 Å². The van der Waals surface area contributed by atoms with Gasteiger partial charge in [-0.05, 0) is 12.1 Å². The van der Waals surface area contributed by atoms with Crippen molar-refractivity contribution in [3.63, 3.8) is 0 Å². The summed E-state index contributed by atoms with van der Waals surface area (Å²) in [5, 5.41) is 3.46. The standard InChI is InChI=1S/C18H23N5O2/c1-2-4-16(22-5-9-24-10-6-22)15(3-1)21-17-13-18(20-14-19-17)23-7-11-25-12-8-23/h1-4,13-14H,5-12H2,(H,19,20,21). The molecule has 0 atom stereocenters. The number of nitrogens with one attached hydrogen (secondary N) is 1. The Morgan fingerprint density at radius 3 is 2.28 bits per heavy atom. The molecule has 0 saturated carbocycles. The fourth-order valence-electron chi connectivity index (χ4n) is 3.18. The maximum absolute atomic E-state index is 5.46. The number of morpholine rings is 2. The van der Waals surface area contributed by atoms with Crippen molar-refractivity contribution < 1.29 is 9.47 Å². The molecule has 7 heteroatoms. The van der Waals surface area contributed by atoms with Gasteiger partial charge in [-0.3, -0.25) is 0 Å². The smallest absolute Gasteiger partial charge is 0.135 e. The fraction of sp³-hybridized carbons (Fsp3) is 0.444. The van der Waals surface area contributed by atoms with Gasteiger partial charge in [-0.2, -0.15) is 0 Å². The molecule has 1 aromatic heterocycles. The summed E-state index contributed by atoms with van der Waals surface area (Å²) in [7, 11) is 0. The van der Waals surface area contributed by atoms with Gasteiger partial charge < -0.3 is 24.6 Å². The molecule has 0 aliphatic carbocycles. The number of para-hydroxylation sites is 2. The van der Waals surface area contributed by atoms with Crippen LogP contribution in [0.3, 0.4) is 0 Å². The second kappa shape index (κ2) is 7.67. The summed E-state index contributed by atoms with van der Waals surface area (Å²) in [5.41, 5.74) is 2.23. The first-order valence-electron chi connectivity index (χ1n) is 8.74. The lowest BCUT2D eigenvalue weighted by atomic mass is 10.2. The Bertz CT molecular complexity index is 699. The van der Waals surface area contributed by atoms with Gasteiger partial charge in [0, 0.05) is 32.2 Å². The molecule has 0 amide bonds. The van der Waals surface area contributed by atoms with E-state index in [1.165, 1.54) is 5.69 Å². The van der Waals surface area contributed by atoms with E-state index in [-0.39, 0.29) is 0 Å². The summed E-state index contributed by atoms with van der Waals surface area (Å²) in [4.78, 5) is 13.4. The zero-order chi connectivity index (χ0) is 16.9. The van der Waals surface area contributed by atoms with E-state index < -0.39 is 0 Å². The van der Waals surface area contributed by atoms with Crippen LogP contribution in [0.1, 0.15) is 0 Å². The predicted molar refractivity (Wildman–Crippen MR) is 97.8 cm³/mol. The summed E-state index contributed by atoms with van der Waals surface area (Å²) in [6.07, 6.45) is 1.62. The van der Waals surface area contributed by atoms with Crippen LogP contribution in [0.2, 0.25) is 0 Å². The van der Waals surface area contributed by atoms with Crippen LogP contribution in [0.4, 0.5) is 23.0 Å². The molecule has 0 radical (unpaired) electrons. The van der Waals surface area contributed by atoms with Crippen molar-refractivity contribution in [1.29, 1.82) is 0 Å². The molecule has 0 bridgehead atoms. The van der Waals surface area contributed by atoms with Gasteiger partial charge in [0.05, 0.1) is 37.8 Å². The molecule has 4 rings (SSSR count). The van der Waals surface area contributed by atoms with E-state index in [0.717, 1.165) is 69.9 Å². The van der Waals surface area contributed by atoms with Crippen LogP contribution in [0, 0.1) is 0 Å². The van der Waals surface area contributed by atoms with E-state index in [0.29, 0.717) is 0 Å². The lowest BCUT2D eigenvalue weighted by Gasteiger charge is -2.30. The molecule has 132 valence electrons. The molecular weight excluding hydrogens is 318 g/mol. The van der Waals surface area contributed by atoms with Crippen LogP contribution in [0.5, 0.6) is 0 Å². The monoisotopic (exact) mass is 341 g/mol. The third kappa shape index (κ3) is 3.83. The normalized spacial score (nSPS) is 18.2. The Labute approximate surface area is 147 Å². The summed E-state index contributed by atoms with van der Waals surface area (Å²) in [5.74, 6) is 1.74. The van der Waals surface area contributed by atoms with Crippen LogP contribution in [0.25, 0.3) is 0 Å². The largest absolute Gasteiger partial charge is 0.378 e. The third-order valence-electron chi connectivity index (χ3n) is 4.51. The highest BCUT2D eigenvalue weighted by atomic mass is 16.5. The molecule has 3 heterocycles. The van der Waals surface area contributed by atoms with Crippen LogP contribution in [0.15, 0.2) is 36.7 Å². The molecule has 7 nitrogen and oxygen atoms in total. The topological polar surface area (TPSA) is 62.8 Å². The van der Waals surface area contributed by atoms with Crippen LogP contribution < -0.4 is 15.1 Å². The molecule has 2 aliphatic rings. The Balaban J connectivity index is 1.54. The van der Waals surface area contributed by atoms with E-state index >= 15 is 0 Å². The van der Waals surface area contributed by atoms with E-state index in [9.17, 15) is 0 Å². The molecule has 1 N–H and O–H groups in total. The van der Waals surface area contributed by atoms with Crippen molar-refractivity contribution >= 4 is 23.0 Å². The molecule has 25 heavy (non-hydrogen) atoms. The number of benzene rings is 1. The first kappa shape index (κ1) is 16.1. The van der Waals surface area contributed by atoms with Gasteiger partial charge in [-0.25, -0.2) is 9.97 Å². The lowest BCUT2D eigenvalue weighted by Crippen LogP contribution is -2.37. The van der Waals surface area contributed by atoms with Gasteiger partial charge in [0.1, 0.15) is 18.0 Å².